The van der Waals surface area contributed by atoms with Crippen LogP contribution in [0.25, 0.3) is 0 Å². The van der Waals surface area contributed by atoms with E-state index in [0.717, 1.165) is 35.8 Å². The molecule has 4 nitrogen and oxygen atoms in total. The summed E-state index contributed by atoms with van der Waals surface area (Å²) in [4.78, 5) is 10.7. The highest BCUT2D eigenvalue weighted by Gasteiger charge is 2.18. The van der Waals surface area contributed by atoms with Gasteiger partial charge in [-0.1, -0.05) is 0 Å². The highest BCUT2D eigenvalue weighted by Crippen LogP contribution is 2.18. The van der Waals surface area contributed by atoms with Gasteiger partial charge in [-0.15, -0.1) is 0 Å². The van der Waals surface area contributed by atoms with Crippen molar-refractivity contribution in [1.29, 1.82) is 0 Å². The van der Waals surface area contributed by atoms with Crippen molar-refractivity contribution in [2.24, 2.45) is 0 Å². The number of hydrogen-bond donors (Lipinski definition) is 0. The second-order valence-electron chi connectivity index (χ2n) is 4.11. The third-order valence-corrected chi connectivity index (χ3v) is 3.09. The average molecular weight is 286 g/mol. The van der Waals surface area contributed by atoms with Gasteiger partial charge in [0.15, 0.2) is 0 Å². The maximum Gasteiger partial charge on any atom is 0.133 e. The molecule has 16 heavy (non-hydrogen) atoms. The highest BCUT2D eigenvalue weighted by atomic mass is 79.9. The van der Waals surface area contributed by atoms with E-state index in [9.17, 15) is 0 Å². The summed E-state index contributed by atoms with van der Waals surface area (Å²) in [6, 6.07) is 1.93. The Balaban J connectivity index is 2.04. The van der Waals surface area contributed by atoms with E-state index in [4.69, 9.17) is 4.74 Å². The molecule has 88 valence electrons. The lowest BCUT2D eigenvalue weighted by molar-refractivity contribution is 0.116. The summed E-state index contributed by atoms with van der Waals surface area (Å²) in [5, 5.41) is 0. The molecule has 1 fully saturated rings. The van der Waals surface area contributed by atoms with Gasteiger partial charge in [0.05, 0.1) is 6.10 Å². The number of rotatable bonds is 3. The summed E-state index contributed by atoms with van der Waals surface area (Å²) in [5.41, 5.74) is 0. The number of likely N-dealkylation sites (N-methyl/N-ethyl adjacent to an activating group) is 1. The number of aryl methyl sites for hydroxylation is 1. The van der Waals surface area contributed by atoms with Crippen molar-refractivity contribution < 1.29 is 4.74 Å². The van der Waals surface area contributed by atoms with Crippen LogP contribution in [-0.2, 0) is 4.74 Å². The first-order chi connectivity index (χ1) is 7.65. The van der Waals surface area contributed by atoms with Gasteiger partial charge >= 0.3 is 0 Å². The van der Waals surface area contributed by atoms with Crippen LogP contribution in [0.15, 0.2) is 10.7 Å². The van der Waals surface area contributed by atoms with Crippen molar-refractivity contribution in [2.45, 2.75) is 25.9 Å². The highest BCUT2D eigenvalue weighted by molar-refractivity contribution is 9.10. The molecule has 1 aromatic rings. The van der Waals surface area contributed by atoms with E-state index in [2.05, 4.69) is 30.8 Å². The van der Waals surface area contributed by atoms with Gasteiger partial charge in [0.2, 0.25) is 0 Å². The molecule has 1 aliphatic heterocycles. The smallest absolute Gasteiger partial charge is 0.133 e. The lowest BCUT2D eigenvalue weighted by Crippen LogP contribution is -2.29. The summed E-state index contributed by atoms with van der Waals surface area (Å²) in [6.45, 7) is 3.68. The number of aromatic nitrogens is 2. The van der Waals surface area contributed by atoms with Gasteiger partial charge in [-0.3, -0.25) is 0 Å². The molecule has 2 rings (SSSR count). The fourth-order valence-electron chi connectivity index (χ4n) is 1.90. The summed E-state index contributed by atoms with van der Waals surface area (Å²) < 4.78 is 6.44. The molecule has 1 saturated heterocycles. The van der Waals surface area contributed by atoms with E-state index in [0.29, 0.717) is 6.10 Å². The third-order valence-electron chi connectivity index (χ3n) is 2.69. The van der Waals surface area contributed by atoms with Crippen LogP contribution < -0.4 is 4.90 Å². The van der Waals surface area contributed by atoms with E-state index in [1.54, 1.807) is 0 Å². The number of ether oxygens (including phenoxy) is 1. The zero-order valence-corrected chi connectivity index (χ0v) is 11.2. The standard InChI is InChI=1S/C11H16BrN3O/c1-8-13-10(12)6-11(14-8)15(2)7-9-4-3-5-16-9/h6,9H,3-5,7H2,1-2H3. The fourth-order valence-corrected chi connectivity index (χ4v) is 2.36. The maximum atomic E-state index is 5.61. The molecular weight excluding hydrogens is 270 g/mol. The first-order valence-electron chi connectivity index (χ1n) is 5.49. The van der Waals surface area contributed by atoms with Crippen LogP contribution in [0, 0.1) is 6.92 Å². The monoisotopic (exact) mass is 285 g/mol. The van der Waals surface area contributed by atoms with Gasteiger partial charge in [-0.2, -0.15) is 0 Å². The SMILES string of the molecule is Cc1nc(Br)cc(N(C)CC2CCCO2)n1. The van der Waals surface area contributed by atoms with Crippen LogP contribution in [0.1, 0.15) is 18.7 Å². The van der Waals surface area contributed by atoms with Crippen molar-refractivity contribution in [3.05, 3.63) is 16.5 Å². The van der Waals surface area contributed by atoms with Crippen molar-refractivity contribution in [3.63, 3.8) is 0 Å². The zero-order valence-electron chi connectivity index (χ0n) is 9.61. The lowest BCUT2D eigenvalue weighted by atomic mass is 10.2. The molecule has 1 aliphatic rings. The minimum absolute atomic E-state index is 0.346. The second kappa shape index (κ2) is 5.10. The number of nitrogens with zero attached hydrogens (tertiary/aromatic N) is 3. The Kier molecular flexibility index (Phi) is 3.76. The van der Waals surface area contributed by atoms with E-state index in [-0.39, 0.29) is 0 Å². The largest absolute Gasteiger partial charge is 0.376 e. The molecule has 5 heteroatoms. The van der Waals surface area contributed by atoms with Crippen LogP contribution in [-0.4, -0.2) is 36.3 Å². The van der Waals surface area contributed by atoms with Crippen molar-refractivity contribution in [2.75, 3.05) is 25.1 Å². The Labute approximate surface area is 104 Å². The van der Waals surface area contributed by atoms with E-state index in [1.165, 1.54) is 6.42 Å². The molecule has 0 aliphatic carbocycles. The fraction of sp³-hybridized carbons (Fsp3) is 0.636. The number of anilines is 1. The van der Waals surface area contributed by atoms with E-state index >= 15 is 0 Å². The summed E-state index contributed by atoms with van der Waals surface area (Å²) in [6.07, 6.45) is 2.67. The van der Waals surface area contributed by atoms with Gasteiger partial charge in [-0.25, -0.2) is 9.97 Å². The van der Waals surface area contributed by atoms with Gasteiger partial charge in [-0.05, 0) is 35.7 Å². The van der Waals surface area contributed by atoms with Crippen molar-refractivity contribution in [1.82, 2.24) is 9.97 Å². The van der Waals surface area contributed by atoms with Crippen molar-refractivity contribution >= 4 is 21.7 Å². The normalized spacial score (nSPS) is 20.1. The van der Waals surface area contributed by atoms with Crippen LogP contribution in [0.2, 0.25) is 0 Å². The number of halogens is 1. The molecule has 0 N–H and O–H groups in total. The lowest BCUT2D eigenvalue weighted by Gasteiger charge is -2.21. The molecule has 0 bridgehead atoms. The molecule has 2 heterocycles. The predicted molar refractivity (Wildman–Crippen MR) is 66.7 cm³/mol. The zero-order chi connectivity index (χ0) is 11.5. The maximum absolute atomic E-state index is 5.61. The van der Waals surface area contributed by atoms with Crippen molar-refractivity contribution in [3.8, 4) is 0 Å². The quantitative estimate of drug-likeness (QED) is 0.798. The first kappa shape index (κ1) is 11.8. The molecule has 0 amide bonds. The third kappa shape index (κ3) is 2.92. The Bertz CT molecular complexity index is 346. The Hall–Kier alpha value is -0.680. The predicted octanol–water partition coefficient (Wildman–Crippen LogP) is 2.16. The summed E-state index contributed by atoms with van der Waals surface area (Å²) in [5.74, 6) is 1.72. The average Bonchev–Trinajstić information content (AvgIpc) is 2.68. The Morgan fingerprint density at radius 3 is 3.00 bits per heavy atom. The van der Waals surface area contributed by atoms with Crippen LogP contribution >= 0.6 is 15.9 Å². The summed E-state index contributed by atoms with van der Waals surface area (Å²) in [7, 11) is 2.04. The van der Waals surface area contributed by atoms with Crippen LogP contribution in [0.3, 0.4) is 0 Å². The van der Waals surface area contributed by atoms with Gasteiger partial charge in [0.1, 0.15) is 16.2 Å². The Morgan fingerprint density at radius 2 is 2.38 bits per heavy atom. The van der Waals surface area contributed by atoms with E-state index < -0.39 is 0 Å². The minimum Gasteiger partial charge on any atom is -0.376 e. The molecule has 0 saturated carbocycles. The van der Waals surface area contributed by atoms with Gasteiger partial charge < -0.3 is 9.64 Å². The van der Waals surface area contributed by atoms with Gasteiger partial charge in [0.25, 0.3) is 0 Å². The summed E-state index contributed by atoms with van der Waals surface area (Å²) >= 11 is 3.38. The topological polar surface area (TPSA) is 38.2 Å². The molecule has 1 aromatic heterocycles. The Morgan fingerprint density at radius 1 is 1.56 bits per heavy atom. The molecule has 0 spiro atoms. The van der Waals surface area contributed by atoms with Crippen LogP contribution in [0.4, 0.5) is 5.82 Å². The van der Waals surface area contributed by atoms with E-state index in [1.807, 2.05) is 20.0 Å². The number of hydrogen-bond acceptors (Lipinski definition) is 4. The molecule has 0 radical (unpaired) electrons. The van der Waals surface area contributed by atoms with Gasteiger partial charge in [0, 0.05) is 26.3 Å². The molecular formula is C11H16BrN3O. The molecule has 0 aromatic carbocycles. The first-order valence-corrected chi connectivity index (χ1v) is 6.28. The second-order valence-corrected chi connectivity index (χ2v) is 4.92. The minimum atomic E-state index is 0.346. The van der Waals surface area contributed by atoms with Crippen LogP contribution in [0.5, 0.6) is 0 Å². The molecule has 1 atom stereocenters. The molecule has 1 unspecified atom stereocenters.